The van der Waals surface area contributed by atoms with E-state index < -0.39 is 4.92 Å². The van der Waals surface area contributed by atoms with E-state index >= 15 is 0 Å². The smallest absolute Gasteiger partial charge is 0.286 e. The first kappa shape index (κ1) is 15.5. The molecule has 23 heavy (non-hydrogen) atoms. The van der Waals surface area contributed by atoms with Crippen molar-refractivity contribution in [1.29, 1.82) is 0 Å². The second kappa shape index (κ2) is 6.41. The zero-order chi connectivity index (χ0) is 16.4. The number of carbonyl (C=O) groups excluding carboxylic acids is 1. The Labute approximate surface area is 136 Å². The average Bonchev–Trinajstić information content (AvgIpc) is 2.91. The number of aromatic hydroxyl groups is 1. The molecule has 8 heteroatoms. The Balaban J connectivity index is 1.83. The number of piperidine rings is 1. The number of carbonyl (C=O) groups is 1. The normalized spacial score (nSPS) is 20.0. The van der Waals surface area contributed by atoms with Crippen LogP contribution in [0.1, 0.15) is 24.8 Å². The number of nitrogens with zero attached hydrogens (tertiary/aromatic N) is 3. The van der Waals surface area contributed by atoms with Crippen LogP contribution in [-0.2, 0) is 4.79 Å². The SMILES string of the molecule is O=C1N=C(N2CCCCC2)S/C1=C\c1cc([N+](=O)[O-])ccc1O. The number of likely N-dealkylation sites (tertiary alicyclic amines) is 1. The van der Waals surface area contributed by atoms with Crippen molar-refractivity contribution in [3.05, 3.63) is 38.8 Å². The third-order valence-corrected chi connectivity index (χ3v) is 4.79. The summed E-state index contributed by atoms with van der Waals surface area (Å²) < 4.78 is 0. The van der Waals surface area contributed by atoms with Gasteiger partial charge in [-0.2, -0.15) is 4.99 Å². The third-order valence-electron chi connectivity index (χ3n) is 3.74. The number of benzene rings is 1. The van der Waals surface area contributed by atoms with Gasteiger partial charge in [0, 0.05) is 30.8 Å². The molecular formula is C15H15N3O4S. The van der Waals surface area contributed by atoms with Gasteiger partial charge in [0.2, 0.25) is 0 Å². The molecule has 0 bridgehead atoms. The zero-order valence-electron chi connectivity index (χ0n) is 12.3. The minimum atomic E-state index is -0.541. The van der Waals surface area contributed by atoms with Crippen LogP contribution in [0.5, 0.6) is 5.75 Å². The summed E-state index contributed by atoms with van der Waals surface area (Å²) in [4.78, 5) is 28.8. The molecule has 0 unspecified atom stereocenters. The molecule has 1 saturated heterocycles. The van der Waals surface area contributed by atoms with Gasteiger partial charge in [-0.3, -0.25) is 14.9 Å². The molecule has 0 spiro atoms. The van der Waals surface area contributed by atoms with Crippen molar-refractivity contribution in [3.8, 4) is 5.75 Å². The number of hydrogen-bond donors (Lipinski definition) is 1. The molecule has 1 aromatic carbocycles. The molecule has 0 radical (unpaired) electrons. The summed E-state index contributed by atoms with van der Waals surface area (Å²) in [5.41, 5.74) is 0.104. The zero-order valence-corrected chi connectivity index (χ0v) is 13.1. The van der Waals surface area contributed by atoms with Crippen LogP contribution >= 0.6 is 11.8 Å². The number of amides is 1. The quantitative estimate of drug-likeness (QED) is 0.508. The lowest BCUT2D eigenvalue weighted by molar-refractivity contribution is -0.384. The number of thioether (sulfide) groups is 1. The number of rotatable bonds is 2. The Morgan fingerprint density at radius 2 is 2.04 bits per heavy atom. The van der Waals surface area contributed by atoms with Crippen molar-refractivity contribution >= 4 is 34.6 Å². The van der Waals surface area contributed by atoms with Gasteiger partial charge >= 0.3 is 0 Å². The van der Waals surface area contributed by atoms with Gasteiger partial charge in [0.15, 0.2) is 5.17 Å². The monoisotopic (exact) mass is 333 g/mol. The first-order chi connectivity index (χ1) is 11.0. The maximum atomic E-state index is 12.0. The highest BCUT2D eigenvalue weighted by atomic mass is 32.2. The fraction of sp³-hybridized carbons (Fsp3) is 0.333. The van der Waals surface area contributed by atoms with Crippen LogP contribution in [0.25, 0.3) is 6.08 Å². The first-order valence-corrected chi connectivity index (χ1v) is 8.11. The Hall–Kier alpha value is -2.35. The number of non-ortho nitro benzene ring substituents is 1. The maximum absolute atomic E-state index is 12.0. The summed E-state index contributed by atoms with van der Waals surface area (Å²) in [6, 6.07) is 3.71. The Morgan fingerprint density at radius 3 is 2.74 bits per heavy atom. The number of nitro groups is 1. The molecule has 120 valence electrons. The van der Waals surface area contributed by atoms with Crippen molar-refractivity contribution in [3.63, 3.8) is 0 Å². The summed E-state index contributed by atoms with van der Waals surface area (Å²) >= 11 is 1.25. The minimum absolute atomic E-state index is 0.108. The van der Waals surface area contributed by atoms with Crippen molar-refractivity contribution in [2.45, 2.75) is 19.3 Å². The Kier molecular flexibility index (Phi) is 4.33. The molecule has 3 rings (SSSR count). The lowest BCUT2D eigenvalue weighted by Crippen LogP contribution is -2.33. The van der Waals surface area contributed by atoms with E-state index in [4.69, 9.17) is 0 Å². The number of phenolic OH excluding ortho intramolecular Hbond substituents is 1. The molecular weight excluding hydrogens is 318 g/mol. The maximum Gasteiger partial charge on any atom is 0.286 e. The minimum Gasteiger partial charge on any atom is -0.507 e. The number of aliphatic imine (C=N–C) groups is 1. The van der Waals surface area contributed by atoms with Gasteiger partial charge < -0.3 is 10.0 Å². The molecule has 1 N–H and O–H groups in total. The molecule has 1 fully saturated rings. The largest absolute Gasteiger partial charge is 0.507 e. The van der Waals surface area contributed by atoms with Crippen molar-refractivity contribution in [1.82, 2.24) is 4.90 Å². The molecule has 0 aliphatic carbocycles. The van der Waals surface area contributed by atoms with Gasteiger partial charge in [-0.25, -0.2) is 0 Å². The van der Waals surface area contributed by atoms with Gasteiger partial charge in [-0.05, 0) is 43.2 Å². The summed E-state index contributed by atoms with van der Waals surface area (Å²) in [6.07, 6.45) is 4.80. The van der Waals surface area contributed by atoms with Crippen LogP contribution in [0.3, 0.4) is 0 Å². The number of hydrogen-bond acceptors (Lipinski definition) is 6. The predicted octanol–water partition coefficient (Wildman–Crippen LogP) is 2.76. The fourth-order valence-corrected chi connectivity index (χ4v) is 3.49. The van der Waals surface area contributed by atoms with E-state index in [1.807, 2.05) is 0 Å². The number of nitro benzene ring substituents is 1. The summed E-state index contributed by atoms with van der Waals surface area (Å²) in [5.74, 6) is -0.482. The third kappa shape index (κ3) is 3.37. The van der Waals surface area contributed by atoms with Crippen molar-refractivity contribution < 1.29 is 14.8 Å². The molecule has 1 aromatic rings. The fourth-order valence-electron chi connectivity index (χ4n) is 2.53. The van der Waals surface area contributed by atoms with Gasteiger partial charge in [0.1, 0.15) is 5.75 Å². The topological polar surface area (TPSA) is 96.0 Å². The molecule has 0 saturated carbocycles. The van der Waals surface area contributed by atoms with E-state index in [0.29, 0.717) is 10.1 Å². The molecule has 0 aromatic heterocycles. The van der Waals surface area contributed by atoms with E-state index in [1.165, 1.54) is 42.5 Å². The van der Waals surface area contributed by atoms with Crippen LogP contribution in [0, 0.1) is 10.1 Å². The van der Waals surface area contributed by atoms with Gasteiger partial charge in [0.05, 0.1) is 9.83 Å². The van der Waals surface area contributed by atoms with E-state index in [2.05, 4.69) is 9.89 Å². The van der Waals surface area contributed by atoms with Crippen LogP contribution in [0.4, 0.5) is 5.69 Å². The van der Waals surface area contributed by atoms with Gasteiger partial charge in [-0.15, -0.1) is 0 Å². The summed E-state index contributed by atoms with van der Waals surface area (Å²) in [5, 5.41) is 21.3. The summed E-state index contributed by atoms with van der Waals surface area (Å²) in [7, 11) is 0. The van der Waals surface area contributed by atoms with Crippen LogP contribution in [0.2, 0.25) is 0 Å². The van der Waals surface area contributed by atoms with Gasteiger partial charge in [0.25, 0.3) is 11.6 Å². The first-order valence-electron chi connectivity index (χ1n) is 7.29. The van der Waals surface area contributed by atoms with Crippen LogP contribution in [-0.4, -0.2) is 39.1 Å². The predicted molar refractivity (Wildman–Crippen MR) is 88.2 cm³/mol. The van der Waals surface area contributed by atoms with Gasteiger partial charge in [-0.1, -0.05) is 0 Å². The number of phenols is 1. The van der Waals surface area contributed by atoms with Crippen LogP contribution < -0.4 is 0 Å². The number of amidine groups is 1. The second-order valence-corrected chi connectivity index (χ2v) is 6.37. The Bertz CT molecular complexity index is 723. The van der Waals surface area contributed by atoms with E-state index in [9.17, 15) is 20.0 Å². The average molecular weight is 333 g/mol. The highest BCUT2D eigenvalue weighted by Gasteiger charge is 2.27. The molecule has 7 nitrogen and oxygen atoms in total. The van der Waals surface area contributed by atoms with Crippen molar-refractivity contribution in [2.75, 3.05) is 13.1 Å². The molecule has 0 atom stereocenters. The van der Waals surface area contributed by atoms with E-state index in [-0.39, 0.29) is 22.9 Å². The van der Waals surface area contributed by atoms with E-state index in [0.717, 1.165) is 25.9 Å². The highest BCUT2D eigenvalue weighted by Crippen LogP contribution is 2.34. The highest BCUT2D eigenvalue weighted by molar-refractivity contribution is 8.18. The molecule has 1 amide bonds. The lowest BCUT2D eigenvalue weighted by Gasteiger charge is -2.27. The second-order valence-electron chi connectivity index (χ2n) is 5.36. The Morgan fingerprint density at radius 1 is 1.30 bits per heavy atom. The standard InChI is InChI=1S/C15H15N3O4S/c19-12-5-4-11(18(21)22)8-10(12)9-13-14(20)16-15(23-13)17-6-2-1-3-7-17/h4-5,8-9,19H,1-3,6-7H2/b13-9-. The summed E-state index contributed by atoms with van der Waals surface area (Å²) in [6.45, 7) is 1.77. The van der Waals surface area contributed by atoms with Crippen LogP contribution in [0.15, 0.2) is 28.1 Å². The molecule has 2 aliphatic heterocycles. The van der Waals surface area contributed by atoms with Crippen molar-refractivity contribution in [2.24, 2.45) is 4.99 Å². The molecule has 2 aliphatic rings. The lowest BCUT2D eigenvalue weighted by atomic mass is 10.1. The van der Waals surface area contributed by atoms with E-state index in [1.54, 1.807) is 0 Å². The molecule has 2 heterocycles.